The minimum atomic E-state index is -0.293. The Morgan fingerprint density at radius 2 is 2.19 bits per heavy atom. The number of halogens is 1. The molecule has 0 spiro atoms. The highest BCUT2D eigenvalue weighted by atomic mass is 35.5. The van der Waals surface area contributed by atoms with Crippen molar-refractivity contribution in [2.24, 2.45) is 5.92 Å². The van der Waals surface area contributed by atoms with E-state index in [2.05, 4.69) is 0 Å². The van der Waals surface area contributed by atoms with Crippen molar-refractivity contribution in [3.63, 3.8) is 0 Å². The van der Waals surface area contributed by atoms with Crippen LogP contribution in [0.15, 0.2) is 18.2 Å². The first-order chi connectivity index (χ1) is 7.63. The van der Waals surface area contributed by atoms with Crippen LogP contribution in [0.5, 0.6) is 0 Å². The molecule has 1 fully saturated rings. The molecule has 1 atom stereocenters. The Balaban J connectivity index is 2.22. The van der Waals surface area contributed by atoms with Crippen molar-refractivity contribution in [3.05, 3.63) is 34.3 Å². The maximum Gasteiger partial charge on any atom is 0.191 e. The summed E-state index contributed by atoms with van der Waals surface area (Å²) in [6.45, 7) is 1.92. The number of carbonyl (C=O) groups is 1. The predicted octanol–water partition coefficient (Wildman–Crippen LogP) is 3.26. The van der Waals surface area contributed by atoms with E-state index in [0.29, 0.717) is 16.5 Å². The largest absolute Gasteiger partial charge is 0.373 e. The van der Waals surface area contributed by atoms with Crippen molar-refractivity contribution >= 4 is 17.4 Å². The Morgan fingerprint density at radius 3 is 2.69 bits per heavy atom. The molecule has 0 aliphatic heterocycles. The van der Waals surface area contributed by atoms with E-state index >= 15 is 0 Å². The number of methoxy groups -OCH3 is 1. The lowest BCUT2D eigenvalue weighted by Crippen LogP contribution is -2.25. The summed E-state index contributed by atoms with van der Waals surface area (Å²) in [5, 5.41) is 0.636. The van der Waals surface area contributed by atoms with Gasteiger partial charge in [0.1, 0.15) is 6.10 Å². The lowest BCUT2D eigenvalue weighted by molar-refractivity contribution is 0.0540. The smallest absolute Gasteiger partial charge is 0.191 e. The molecule has 1 aromatic rings. The van der Waals surface area contributed by atoms with Gasteiger partial charge < -0.3 is 4.74 Å². The van der Waals surface area contributed by atoms with E-state index in [1.807, 2.05) is 19.1 Å². The van der Waals surface area contributed by atoms with E-state index in [0.717, 1.165) is 18.4 Å². The first-order valence-corrected chi connectivity index (χ1v) is 5.84. The van der Waals surface area contributed by atoms with Crippen LogP contribution >= 0.6 is 11.6 Å². The zero-order valence-corrected chi connectivity index (χ0v) is 10.3. The van der Waals surface area contributed by atoms with Gasteiger partial charge >= 0.3 is 0 Å². The molecule has 2 rings (SSSR count). The molecule has 1 aliphatic carbocycles. The molecule has 0 heterocycles. The fourth-order valence-electron chi connectivity index (χ4n) is 1.82. The molecule has 0 radical (unpaired) electrons. The van der Waals surface area contributed by atoms with Gasteiger partial charge in [0, 0.05) is 17.7 Å². The van der Waals surface area contributed by atoms with Gasteiger partial charge in [0.2, 0.25) is 0 Å². The summed E-state index contributed by atoms with van der Waals surface area (Å²) >= 11 is 6.01. The average molecular weight is 239 g/mol. The number of aryl methyl sites for hydroxylation is 1. The molecule has 0 saturated heterocycles. The summed E-state index contributed by atoms with van der Waals surface area (Å²) in [4.78, 5) is 12.1. The normalized spacial score (nSPS) is 17.2. The Morgan fingerprint density at radius 1 is 1.50 bits per heavy atom. The second kappa shape index (κ2) is 4.56. The SMILES string of the molecule is COC(C(=O)c1ccc(C)c(Cl)c1)C1CC1. The highest BCUT2D eigenvalue weighted by Crippen LogP contribution is 2.35. The molecule has 1 aromatic carbocycles. The van der Waals surface area contributed by atoms with Gasteiger partial charge in [-0.05, 0) is 37.3 Å². The van der Waals surface area contributed by atoms with Crippen molar-refractivity contribution in [3.8, 4) is 0 Å². The van der Waals surface area contributed by atoms with E-state index in [4.69, 9.17) is 16.3 Å². The van der Waals surface area contributed by atoms with Crippen LogP contribution in [0, 0.1) is 12.8 Å². The van der Waals surface area contributed by atoms with Crippen LogP contribution in [0.4, 0.5) is 0 Å². The Kier molecular flexibility index (Phi) is 3.31. The van der Waals surface area contributed by atoms with Crippen molar-refractivity contribution in [1.82, 2.24) is 0 Å². The molecule has 0 amide bonds. The van der Waals surface area contributed by atoms with Gasteiger partial charge in [-0.25, -0.2) is 0 Å². The minimum Gasteiger partial charge on any atom is -0.373 e. The number of ketones is 1. The molecular formula is C13H15ClO2. The number of carbonyl (C=O) groups excluding carboxylic acids is 1. The number of hydrogen-bond donors (Lipinski definition) is 0. The van der Waals surface area contributed by atoms with Crippen molar-refractivity contribution < 1.29 is 9.53 Å². The van der Waals surface area contributed by atoms with Crippen molar-refractivity contribution in [1.29, 1.82) is 0 Å². The standard InChI is InChI=1S/C13H15ClO2/c1-8-3-4-10(7-11(8)14)12(15)13(16-2)9-5-6-9/h3-4,7,9,13H,5-6H2,1-2H3. The Hall–Kier alpha value is -0.860. The van der Waals surface area contributed by atoms with Crippen LogP contribution in [-0.4, -0.2) is 19.0 Å². The number of hydrogen-bond acceptors (Lipinski definition) is 2. The van der Waals surface area contributed by atoms with Gasteiger partial charge in [0.15, 0.2) is 5.78 Å². The number of ether oxygens (including phenoxy) is 1. The van der Waals surface area contributed by atoms with E-state index < -0.39 is 0 Å². The minimum absolute atomic E-state index is 0.0481. The highest BCUT2D eigenvalue weighted by Gasteiger charge is 2.36. The average Bonchev–Trinajstić information content (AvgIpc) is 3.07. The molecule has 3 heteroatoms. The Labute approximate surface area is 101 Å². The van der Waals surface area contributed by atoms with Gasteiger partial charge in [0.05, 0.1) is 0 Å². The van der Waals surface area contributed by atoms with Crippen molar-refractivity contribution in [2.45, 2.75) is 25.9 Å². The lowest BCUT2D eigenvalue weighted by atomic mass is 10.0. The summed E-state index contributed by atoms with van der Waals surface area (Å²) in [6.07, 6.45) is 1.88. The van der Waals surface area contributed by atoms with Crippen LogP contribution < -0.4 is 0 Å². The molecule has 1 aliphatic rings. The second-order valence-corrected chi connectivity index (χ2v) is 4.73. The van der Waals surface area contributed by atoms with Crippen LogP contribution in [-0.2, 0) is 4.74 Å². The van der Waals surface area contributed by atoms with Gasteiger partial charge in [-0.3, -0.25) is 4.79 Å². The molecule has 1 unspecified atom stereocenters. The second-order valence-electron chi connectivity index (χ2n) is 4.32. The van der Waals surface area contributed by atoms with E-state index in [-0.39, 0.29) is 11.9 Å². The number of rotatable bonds is 4. The third-order valence-corrected chi connectivity index (χ3v) is 3.43. The molecule has 1 saturated carbocycles. The van der Waals surface area contributed by atoms with E-state index in [1.165, 1.54) is 0 Å². The monoisotopic (exact) mass is 238 g/mol. The fraction of sp³-hybridized carbons (Fsp3) is 0.462. The summed E-state index contributed by atoms with van der Waals surface area (Å²) in [6, 6.07) is 5.42. The maximum absolute atomic E-state index is 12.1. The molecule has 0 N–H and O–H groups in total. The number of Topliss-reactive ketones (excluding diaryl/α,β-unsaturated/α-hetero) is 1. The molecule has 0 aromatic heterocycles. The lowest BCUT2D eigenvalue weighted by Gasteiger charge is -2.13. The zero-order chi connectivity index (χ0) is 11.7. The fourth-order valence-corrected chi connectivity index (χ4v) is 2.00. The quantitative estimate of drug-likeness (QED) is 0.753. The van der Waals surface area contributed by atoms with E-state index in [1.54, 1.807) is 13.2 Å². The van der Waals surface area contributed by atoms with Gasteiger partial charge in [-0.15, -0.1) is 0 Å². The van der Waals surface area contributed by atoms with Crippen molar-refractivity contribution in [2.75, 3.05) is 7.11 Å². The summed E-state index contributed by atoms with van der Waals surface area (Å²) in [7, 11) is 1.59. The van der Waals surface area contributed by atoms with Gasteiger partial charge in [-0.1, -0.05) is 23.7 Å². The third-order valence-electron chi connectivity index (χ3n) is 3.02. The van der Waals surface area contributed by atoms with Crippen LogP contribution in [0.25, 0.3) is 0 Å². The third kappa shape index (κ3) is 2.28. The van der Waals surface area contributed by atoms with Crippen LogP contribution in [0.1, 0.15) is 28.8 Å². The summed E-state index contributed by atoms with van der Waals surface area (Å²) in [5.41, 5.74) is 1.63. The molecule has 0 bridgehead atoms. The summed E-state index contributed by atoms with van der Waals surface area (Å²) < 4.78 is 5.27. The first-order valence-electron chi connectivity index (χ1n) is 5.46. The topological polar surface area (TPSA) is 26.3 Å². The van der Waals surface area contributed by atoms with Gasteiger partial charge in [0.25, 0.3) is 0 Å². The van der Waals surface area contributed by atoms with Crippen LogP contribution in [0.2, 0.25) is 5.02 Å². The zero-order valence-electron chi connectivity index (χ0n) is 9.50. The van der Waals surface area contributed by atoms with Gasteiger partial charge in [-0.2, -0.15) is 0 Å². The maximum atomic E-state index is 12.1. The van der Waals surface area contributed by atoms with Crippen LogP contribution in [0.3, 0.4) is 0 Å². The molecule has 86 valence electrons. The molecule has 16 heavy (non-hydrogen) atoms. The highest BCUT2D eigenvalue weighted by molar-refractivity contribution is 6.31. The molecular weight excluding hydrogens is 224 g/mol. The number of benzene rings is 1. The molecule has 2 nitrogen and oxygen atoms in total. The van der Waals surface area contributed by atoms with E-state index in [9.17, 15) is 4.79 Å². The first kappa shape index (κ1) is 11.6. The predicted molar refractivity (Wildman–Crippen MR) is 64.0 cm³/mol. The Bertz CT molecular complexity index is 410. The summed E-state index contributed by atoms with van der Waals surface area (Å²) in [5.74, 6) is 0.449.